The van der Waals surface area contributed by atoms with Crippen LogP contribution in [0.15, 0.2) is 36.9 Å². The van der Waals surface area contributed by atoms with Crippen molar-refractivity contribution in [3.05, 3.63) is 42.5 Å². The van der Waals surface area contributed by atoms with Crippen LogP contribution in [0.2, 0.25) is 0 Å². The van der Waals surface area contributed by atoms with Crippen molar-refractivity contribution < 1.29 is 17.9 Å². The first-order chi connectivity index (χ1) is 7.24. The van der Waals surface area contributed by atoms with Crippen molar-refractivity contribution >= 4 is 0 Å². The molecular weight excluding hydrogens is 217 g/mol. The van der Waals surface area contributed by atoms with Crippen LogP contribution < -0.4 is 4.74 Å². The molecule has 1 aromatic rings. The van der Waals surface area contributed by atoms with E-state index in [2.05, 4.69) is 11.3 Å². The van der Waals surface area contributed by atoms with Gasteiger partial charge in [0, 0.05) is 5.41 Å². The van der Waals surface area contributed by atoms with Gasteiger partial charge in [-0.15, -0.1) is 19.8 Å². The Morgan fingerprint density at radius 2 is 1.62 bits per heavy atom. The summed E-state index contributed by atoms with van der Waals surface area (Å²) in [4.78, 5) is 0. The minimum Gasteiger partial charge on any atom is -0.406 e. The molecule has 1 nitrogen and oxygen atoms in total. The maximum Gasteiger partial charge on any atom is 0.573 e. The van der Waals surface area contributed by atoms with E-state index >= 15 is 0 Å². The highest BCUT2D eigenvalue weighted by atomic mass is 19.4. The van der Waals surface area contributed by atoms with Gasteiger partial charge < -0.3 is 4.74 Å². The van der Waals surface area contributed by atoms with E-state index in [1.165, 1.54) is 12.1 Å². The van der Waals surface area contributed by atoms with Crippen LogP contribution in [0.3, 0.4) is 0 Å². The van der Waals surface area contributed by atoms with Crippen LogP contribution in [0.25, 0.3) is 0 Å². The summed E-state index contributed by atoms with van der Waals surface area (Å²) in [7, 11) is 0. The quantitative estimate of drug-likeness (QED) is 0.712. The molecule has 4 heteroatoms. The number of alkyl halides is 3. The van der Waals surface area contributed by atoms with Gasteiger partial charge in [0.15, 0.2) is 0 Å². The van der Waals surface area contributed by atoms with E-state index in [1.807, 2.05) is 13.8 Å². The predicted molar refractivity (Wildman–Crippen MR) is 56.3 cm³/mol. The SMILES string of the molecule is C=CC(C)(C)c1ccc(OC(F)(F)F)cc1. The largest absolute Gasteiger partial charge is 0.573 e. The summed E-state index contributed by atoms with van der Waals surface area (Å²) >= 11 is 0. The fraction of sp³-hybridized carbons (Fsp3) is 0.333. The minimum atomic E-state index is -4.64. The number of benzene rings is 1. The summed E-state index contributed by atoms with van der Waals surface area (Å²) in [6.07, 6.45) is -2.90. The number of hydrogen-bond acceptors (Lipinski definition) is 1. The van der Waals surface area contributed by atoms with Crippen LogP contribution >= 0.6 is 0 Å². The summed E-state index contributed by atoms with van der Waals surface area (Å²) in [5, 5.41) is 0. The third-order valence-electron chi connectivity index (χ3n) is 2.34. The molecule has 0 heterocycles. The topological polar surface area (TPSA) is 9.23 Å². The average molecular weight is 230 g/mol. The molecule has 0 spiro atoms. The molecule has 0 bridgehead atoms. The Morgan fingerprint density at radius 3 is 2.00 bits per heavy atom. The van der Waals surface area contributed by atoms with Gasteiger partial charge in [0.1, 0.15) is 5.75 Å². The lowest BCUT2D eigenvalue weighted by Gasteiger charge is -2.20. The van der Waals surface area contributed by atoms with E-state index in [0.29, 0.717) is 0 Å². The zero-order valence-corrected chi connectivity index (χ0v) is 9.14. The van der Waals surface area contributed by atoms with Gasteiger partial charge in [-0.05, 0) is 17.7 Å². The molecule has 0 unspecified atom stereocenters. The lowest BCUT2D eigenvalue weighted by atomic mass is 9.85. The van der Waals surface area contributed by atoms with Crippen LogP contribution in [0, 0.1) is 0 Å². The molecule has 0 radical (unpaired) electrons. The van der Waals surface area contributed by atoms with Crippen molar-refractivity contribution in [1.29, 1.82) is 0 Å². The van der Waals surface area contributed by atoms with Crippen molar-refractivity contribution in [2.45, 2.75) is 25.6 Å². The van der Waals surface area contributed by atoms with Crippen LogP contribution in [0.1, 0.15) is 19.4 Å². The van der Waals surface area contributed by atoms with Gasteiger partial charge in [-0.2, -0.15) is 0 Å². The van der Waals surface area contributed by atoms with Gasteiger partial charge in [-0.25, -0.2) is 0 Å². The van der Waals surface area contributed by atoms with Crippen molar-refractivity contribution in [3.63, 3.8) is 0 Å². The van der Waals surface area contributed by atoms with Crippen molar-refractivity contribution in [3.8, 4) is 5.75 Å². The molecule has 0 saturated heterocycles. The van der Waals surface area contributed by atoms with E-state index in [1.54, 1.807) is 18.2 Å². The second-order valence-electron chi connectivity index (χ2n) is 4.00. The van der Waals surface area contributed by atoms with Crippen molar-refractivity contribution in [1.82, 2.24) is 0 Å². The molecule has 16 heavy (non-hydrogen) atoms. The molecule has 0 atom stereocenters. The fourth-order valence-corrected chi connectivity index (χ4v) is 1.20. The summed E-state index contributed by atoms with van der Waals surface area (Å²) in [5.74, 6) is -0.212. The van der Waals surface area contributed by atoms with Gasteiger partial charge in [-0.1, -0.05) is 32.1 Å². The Balaban J connectivity index is 2.88. The summed E-state index contributed by atoms with van der Waals surface area (Å²) in [6.45, 7) is 7.54. The number of hydrogen-bond donors (Lipinski definition) is 0. The number of ether oxygens (including phenoxy) is 1. The highest BCUT2D eigenvalue weighted by Crippen LogP contribution is 2.28. The monoisotopic (exact) mass is 230 g/mol. The maximum atomic E-state index is 11.9. The smallest absolute Gasteiger partial charge is 0.406 e. The van der Waals surface area contributed by atoms with Crippen LogP contribution in [0.5, 0.6) is 5.75 Å². The third-order valence-corrected chi connectivity index (χ3v) is 2.34. The minimum absolute atomic E-state index is 0.212. The normalized spacial score (nSPS) is 12.3. The Hall–Kier alpha value is -1.45. The summed E-state index contributed by atoms with van der Waals surface area (Å²) < 4.78 is 39.5. The van der Waals surface area contributed by atoms with Gasteiger partial charge in [0.2, 0.25) is 0 Å². The molecule has 0 fully saturated rings. The second kappa shape index (κ2) is 4.20. The highest BCUT2D eigenvalue weighted by Gasteiger charge is 2.31. The second-order valence-corrected chi connectivity index (χ2v) is 4.00. The number of rotatable bonds is 3. The summed E-state index contributed by atoms with van der Waals surface area (Å²) in [5.41, 5.74) is 0.619. The van der Waals surface area contributed by atoms with E-state index < -0.39 is 6.36 Å². The van der Waals surface area contributed by atoms with Crippen LogP contribution in [-0.4, -0.2) is 6.36 Å². The van der Waals surface area contributed by atoms with E-state index in [-0.39, 0.29) is 11.2 Å². The molecule has 0 aromatic heterocycles. The van der Waals surface area contributed by atoms with Crippen LogP contribution in [0.4, 0.5) is 13.2 Å². The highest BCUT2D eigenvalue weighted by molar-refractivity contribution is 5.34. The van der Waals surface area contributed by atoms with E-state index in [9.17, 15) is 13.2 Å². The third kappa shape index (κ3) is 3.29. The van der Waals surface area contributed by atoms with Crippen molar-refractivity contribution in [2.75, 3.05) is 0 Å². The first kappa shape index (κ1) is 12.6. The van der Waals surface area contributed by atoms with Crippen LogP contribution in [-0.2, 0) is 5.41 Å². The Morgan fingerprint density at radius 1 is 1.12 bits per heavy atom. The molecule has 1 rings (SSSR count). The maximum absolute atomic E-state index is 11.9. The molecule has 0 saturated carbocycles. The average Bonchev–Trinajstić information content (AvgIpc) is 2.16. The first-order valence-corrected chi connectivity index (χ1v) is 4.74. The predicted octanol–water partition coefficient (Wildman–Crippen LogP) is 4.05. The lowest BCUT2D eigenvalue weighted by Crippen LogP contribution is -2.17. The Bertz CT molecular complexity index is 363. The molecule has 0 aliphatic heterocycles. The molecule has 0 aliphatic carbocycles. The zero-order valence-electron chi connectivity index (χ0n) is 9.14. The summed E-state index contributed by atoms with van der Waals surface area (Å²) in [6, 6.07) is 5.80. The standard InChI is InChI=1S/C12H13F3O/c1-4-11(2,3)9-5-7-10(8-6-9)16-12(13,14)15/h4-8H,1H2,2-3H3. The molecule has 88 valence electrons. The lowest BCUT2D eigenvalue weighted by molar-refractivity contribution is -0.274. The number of halogens is 3. The zero-order chi connectivity index (χ0) is 12.4. The van der Waals surface area contributed by atoms with Gasteiger partial charge >= 0.3 is 6.36 Å². The molecule has 1 aromatic carbocycles. The molecule has 0 N–H and O–H groups in total. The first-order valence-electron chi connectivity index (χ1n) is 4.74. The van der Waals surface area contributed by atoms with Crippen molar-refractivity contribution in [2.24, 2.45) is 0 Å². The molecule has 0 amide bonds. The Labute approximate surface area is 92.5 Å². The van der Waals surface area contributed by atoms with E-state index in [0.717, 1.165) is 5.56 Å². The van der Waals surface area contributed by atoms with Gasteiger partial charge in [-0.3, -0.25) is 0 Å². The van der Waals surface area contributed by atoms with Gasteiger partial charge in [0.25, 0.3) is 0 Å². The Kier molecular flexibility index (Phi) is 3.31. The molecular formula is C12H13F3O. The van der Waals surface area contributed by atoms with Gasteiger partial charge in [0.05, 0.1) is 0 Å². The van der Waals surface area contributed by atoms with E-state index in [4.69, 9.17) is 0 Å². The molecule has 0 aliphatic rings. The fourth-order valence-electron chi connectivity index (χ4n) is 1.20. The number of allylic oxidation sites excluding steroid dienone is 1.